The number of benzene rings is 1. The molecule has 1 aliphatic rings. The molecule has 1 saturated heterocycles. The average Bonchev–Trinajstić information content (AvgIpc) is 2.54. The fourth-order valence-corrected chi connectivity index (χ4v) is 3.15. The minimum Gasteiger partial charge on any atom is -0.494 e. The Morgan fingerprint density at radius 1 is 1.41 bits per heavy atom. The number of para-hydroxylation sites is 1. The smallest absolute Gasteiger partial charge is 0.222 e. The Balaban J connectivity index is 1.87. The minimum atomic E-state index is 0.270. The zero-order valence-electron chi connectivity index (χ0n) is 13.8. The van der Waals surface area contributed by atoms with E-state index in [9.17, 15) is 4.79 Å². The number of likely N-dealkylation sites (tertiary alicyclic amines) is 1. The van der Waals surface area contributed by atoms with Gasteiger partial charge in [0.15, 0.2) is 0 Å². The highest BCUT2D eigenvalue weighted by atomic mass is 16.5. The van der Waals surface area contributed by atoms with Crippen LogP contribution in [-0.2, 0) is 11.2 Å². The van der Waals surface area contributed by atoms with Gasteiger partial charge in [-0.2, -0.15) is 0 Å². The van der Waals surface area contributed by atoms with E-state index in [2.05, 4.69) is 11.4 Å². The van der Waals surface area contributed by atoms with Crippen molar-refractivity contribution in [1.29, 1.82) is 0 Å². The van der Waals surface area contributed by atoms with E-state index in [4.69, 9.17) is 4.74 Å². The number of nitrogens with zero attached hydrogens (tertiary/aromatic N) is 1. The zero-order valence-corrected chi connectivity index (χ0v) is 13.8. The van der Waals surface area contributed by atoms with Crippen molar-refractivity contribution in [2.24, 2.45) is 5.92 Å². The molecule has 0 bridgehead atoms. The summed E-state index contributed by atoms with van der Waals surface area (Å²) in [6.07, 6.45) is 3.66. The predicted octanol–water partition coefficient (Wildman–Crippen LogP) is 2.48. The quantitative estimate of drug-likeness (QED) is 0.841. The van der Waals surface area contributed by atoms with Crippen LogP contribution in [0.15, 0.2) is 24.3 Å². The van der Waals surface area contributed by atoms with Gasteiger partial charge in [-0.3, -0.25) is 4.79 Å². The third-order valence-electron chi connectivity index (χ3n) is 4.25. The van der Waals surface area contributed by atoms with Crippen molar-refractivity contribution in [3.63, 3.8) is 0 Å². The molecule has 0 radical (unpaired) electrons. The fourth-order valence-electron chi connectivity index (χ4n) is 3.15. The maximum atomic E-state index is 12.5. The van der Waals surface area contributed by atoms with Gasteiger partial charge in [0.1, 0.15) is 5.75 Å². The summed E-state index contributed by atoms with van der Waals surface area (Å²) in [5.41, 5.74) is 1.13. The number of amides is 1. The first-order chi connectivity index (χ1) is 10.7. The van der Waals surface area contributed by atoms with Crippen molar-refractivity contribution in [3.8, 4) is 5.75 Å². The van der Waals surface area contributed by atoms with E-state index in [1.54, 1.807) is 0 Å². The Kier molecular flexibility index (Phi) is 6.72. The second-order valence-corrected chi connectivity index (χ2v) is 5.95. The summed E-state index contributed by atoms with van der Waals surface area (Å²) < 4.78 is 5.63. The van der Waals surface area contributed by atoms with E-state index in [0.29, 0.717) is 18.9 Å². The van der Waals surface area contributed by atoms with Crippen LogP contribution in [0.5, 0.6) is 5.75 Å². The number of ether oxygens (including phenoxy) is 1. The number of rotatable bonds is 7. The van der Waals surface area contributed by atoms with Gasteiger partial charge in [0.2, 0.25) is 5.91 Å². The molecule has 1 N–H and O–H groups in total. The summed E-state index contributed by atoms with van der Waals surface area (Å²) in [5, 5.41) is 3.22. The summed E-state index contributed by atoms with van der Waals surface area (Å²) in [7, 11) is 1.98. The molecule has 1 aromatic carbocycles. The van der Waals surface area contributed by atoms with E-state index < -0.39 is 0 Å². The fraction of sp³-hybridized carbons (Fsp3) is 0.611. The summed E-state index contributed by atoms with van der Waals surface area (Å²) >= 11 is 0. The molecule has 2 rings (SSSR count). The third-order valence-corrected chi connectivity index (χ3v) is 4.25. The molecule has 0 aromatic heterocycles. The van der Waals surface area contributed by atoms with Crippen LogP contribution in [0.25, 0.3) is 0 Å². The first-order valence-corrected chi connectivity index (χ1v) is 8.37. The molecular weight excluding hydrogens is 276 g/mol. The highest BCUT2D eigenvalue weighted by Gasteiger charge is 2.23. The van der Waals surface area contributed by atoms with E-state index in [-0.39, 0.29) is 5.91 Å². The number of hydrogen-bond acceptors (Lipinski definition) is 3. The van der Waals surface area contributed by atoms with E-state index in [1.807, 2.05) is 37.1 Å². The molecule has 1 atom stereocenters. The summed E-state index contributed by atoms with van der Waals surface area (Å²) in [4.78, 5) is 14.5. The molecule has 0 saturated carbocycles. The van der Waals surface area contributed by atoms with Crippen molar-refractivity contribution >= 4 is 5.91 Å². The molecule has 122 valence electrons. The normalized spacial score (nSPS) is 18.3. The van der Waals surface area contributed by atoms with Crippen LogP contribution in [0.1, 0.15) is 31.7 Å². The Morgan fingerprint density at radius 3 is 3.00 bits per heavy atom. The van der Waals surface area contributed by atoms with Gasteiger partial charge in [-0.25, -0.2) is 0 Å². The van der Waals surface area contributed by atoms with Crippen molar-refractivity contribution in [1.82, 2.24) is 10.2 Å². The van der Waals surface area contributed by atoms with Crippen LogP contribution in [0, 0.1) is 5.92 Å². The molecule has 4 heteroatoms. The minimum absolute atomic E-state index is 0.270. The molecule has 0 spiro atoms. The third kappa shape index (κ3) is 4.73. The summed E-state index contributed by atoms with van der Waals surface area (Å²) in [6, 6.07) is 8.01. The second-order valence-electron chi connectivity index (χ2n) is 5.95. The van der Waals surface area contributed by atoms with Crippen LogP contribution in [-0.4, -0.2) is 44.1 Å². The van der Waals surface area contributed by atoms with Crippen LogP contribution < -0.4 is 10.1 Å². The van der Waals surface area contributed by atoms with Crippen LogP contribution in [0.4, 0.5) is 0 Å². The number of carbonyl (C=O) groups is 1. The summed E-state index contributed by atoms with van der Waals surface area (Å²) in [5.74, 6) is 1.77. The number of piperidine rings is 1. The lowest BCUT2D eigenvalue weighted by molar-refractivity contribution is -0.132. The largest absolute Gasteiger partial charge is 0.494 e. The number of carbonyl (C=O) groups excluding carboxylic acids is 1. The molecule has 0 aliphatic carbocycles. The lowest BCUT2D eigenvalue weighted by Gasteiger charge is -2.32. The highest BCUT2D eigenvalue weighted by molar-refractivity contribution is 5.76. The standard InChI is InChI=1S/C18H28N2O2/c1-3-22-17-9-5-4-8-16(17)10-11-18(21)20-12-6-7-15(14-20)13-19-2/h4-5,8-9,15,19H,3,6-7,10-14H2,1-2H3/t15-/m0/s1. The molecule has 22 heavy (non-hydrogen) atoms. The molecule has 1 fully saturated rings. The Bertz CT molecular complexity index is 474. The zero-order chi connectivity index (χ0) is 15.8. The number of aryl methyl sites for hydroxylation is 1. The molecule has 1 aliphatic heterocycles. The molecule has 1 amide bonds. The van der Waals surface area contributed by atoms with Gasteiger partial charge < -0.3 is 15.0 Å². The molecule has 1 heterocycles. The van der Waals surface area contributed by atoms with Crippen LogP contribution in [0.2, 0.25) is 0 Å². The molecule has 4 nitrogen and oxygen atoms in total. The number of hydrogen-bond donors (Lipinski definition) is 1. The number of nitrogens with one attached hydrogen (secondary N) is 1. The first-order valence-electron chi connectivity index (χ1n) is 8.37. The van der Waals surface area contributed by atoms with E-state index >= 15 is 0 Å². The summed E-state index contributed by atoms with van der Waals surface area (Å²) in [6.45, 7) is 5.44. The van der Waals surface area contributed by atoms with E-state index in [0.717, 1.165) is 43.8 Å². The molecule has 1 aromatic rings. The Labute approximate surface area is 133 Å². The monoisotopic (exact) mass is 304 g/mol. The lowest BCUT2D eigenvalue weighted by Crippen LogP contribution is -2.42. The Morgan fingerprint density at radius 2 is 2.23 bits per heavy atom. The van der Waals surface area contributed by atoms with Crippen molar-refractivity contribution in [3.05, 3.63) is 29.8 Å². The van der Waals surface area contributed by atoms with Gasteiger partial charge >= 0.3 is 0 Å². The van der Waals surface area contributed by atoms with Gasteiger partial charge in [-0.05, 0) is 57.3 Å². The van der Waals surface area contributed by atoms with Gasteiger partial charge in [-0.15, -0.1) is 0 Å². The lowest BCUT2D eigenvalue weighted by atomic mass is 9.97. The van der Waals surface area contributed by atoms with Crippen LogP contribution >= 0.6 is 0 Å². The molecular formula is C18H28N2O2. The second kappa shape index (κ2) is 8.79. The molecule has 0 unspecified atom stereocenters. The van der Waals surface area contributed by atoms with E-state index in [1.165, 1.54) is 6.42 Å². The highest BCUT2D eigenvalue weighted by Crippen LogP contribution is 2.21. The van der Waals surface area contributed by atoms with Gasteiger partial charge in [0.05, 0.1) is 6.61 Å². The topological polar surface area (TPSA) is 41.6 Å². The SMILES string of the molecule is CCOc1ccccc1CCC(=O)N1CCC[C@@H](CNC)C1. The van der Waals surface area contributed by atoms with Crippen molar-refractivity contribution < 1.29 is 9.53 Å². The average molecular weight is 304 g/mol. The van der Waals surface area contributed by atoms with Gasteiger partial charge in [0.25, 0.3) is 0 Å². The Hall–Kier alpha value is -1.55. The van der Waals surface area contributed by atoms with Crippen molar-refractivity contribution in [2.75, 3.05) is 33.3 Å². The maximum absolute atomic E-state index is 12.5. The van der Waals surface area contributed by atoms with Gasteiger partial charge in [0, 0.05) is 19.5 Å². The van der Waals surface area contributed by atoms with Crippen molar-refractivity contribution in [2.45, 2.75) is 32.6 Å². The van der Waals surface area contributed by atoms with Crippen LogP contribution in [0.3, 0.4) is 0 Å². The maximum Gasteiger partial charge on any atom is 0.222 e. The van der Waals surface area contributed by atoms with Gasteiger partial charge in [-0.1, -0.05) is 18.2 Å². The first kappa shape index (κ1) is 16.8. The predicted molar refractivity (Wildman–Crippen MR) is 89.2 cm³/mol.